The standard InChI is InChI=1S/C13H23N3/c1-13(2,9-14)10-16(3)8-11-5-4-6-12(15)7-11/h4-7H,8-10,14-15H2,1-3H3. The largest absolute Gasteiger partial charge is 0.399 e. The Morgan fingerprint density at radius 1 is 1.31 bits per heavy atom. The van der Waals surface area contributed by atoms with E-state index < -0.39 is 0 Å². The normalized spacial score (nSPS) is 12.1. The van der Waals surface area contributed by atoms with Crippen LogP contribution in [-0.2, 0) is 6.54 Å². The topological polar surface area (TPSA) is 55.3 Å². The van der Waals surface area contributed by atoms with Gasteiger partial charge in [-0.3, -0.25) is 0 Å². The van der Waals surface area contributed by atoms with Crippen LogP contribution in [0.1, 0.15) is 19.4 Å². The van der Waals surface area contributed by atoms with Crippen molar-refractivity contribution in [2.45, 2.75) is 20.4 Å². The second-order valence-corrected chi connectivity index (χ2v) is 5.29. The molecule has 90 valence electrons. The summed E-state index contributed by atoms with van der Waals surface area (Å²) in [5, 5.41) is 0. The maximum Gasteiger partial charge on any atom is 0.0317 e. The van der Waals surface area contributed by atoms with Gasteiger partial charge in [0.2, 0.25) is 0 Å². The Morgan fingerprint density at radius 3 is 2.56 bits per heavy atom. The zero-order valence-electron chi connectivity index (χ0n) is 10.5. The number of anilines is 1. The summed E-state index contributed by atoms with van der Waals surface area (Å²) < 4.78 is 0. The van der Waals surface area contributed by atoms with E-state index in [9.17, 15) is 0 Å². The Balaban J connectivity index is 2.55. The van der Waals surface area contributed by atoms with Crippen LogP contribution in [0.15, 0.2) is 24.3 Å². The number of hydrogen-bond donors (Lipinski definition) is 2. The average molecular weight is 221 g/mol. The van der Waals surface area contributed by atoms with Crippen LogP contribution in [-0.4, -0.2) is 25.0 Å². The van der Waals surface area contributed by atoms with E-state index in [4.69, 9.17) is 11.5 Å². The molecule has 0 bridgehead atoms. The summed E-state index contributed by atoms with van der Waals surface area (Å²) in [7, 11) is 2.11. The van der Waals surface area contributed by atoms with E-state index in [0.29, 0.717) is 6.54 Å². The molecule has 3 nitrogen and oxygen atoms in total. The molecule has 4 N–H and O–H groups in total. The van der Waals surface area contributed by atoms with Gasteiger partial charge in [0.25, 0.3) is 0 Å². The lowest BCUT2D eigenvalue weighted by Crippen LogP contribution is -2.36. The molecule has 0 aliphatic carbocycles. The van der Waals surface area contributed by atoms with Gasteiger partial charge < -0.3 is 16.4 Å². The van der Waals surface area contributed by atoms with Crippen molar-refractivity contribution in [3.8, 4) is 0 Å². The molecule has 0 fully saturated rings. The quantitative estimate of drug-likeness (QED) is 0.744. The summed E-state index contributed by atoms with van der Waals surface area (Å²) in [5.74, 6) is 0. The molecule has 0 saturated heterocycles. The van der Waals surface area contributed by atoms with Crippen LogP contribution in [0, 0.1) is 5.41 Å². The van der Waals surface area contributed by atoms with E-state index in [-0.39, 0.29) is 5.41 Å². The van der Waals surface area contributed by atoms with Gasteiger partial charge in [0.15, 0.2) is 0 Å². The zero-order chi connectivity index (χ0) is 12.2. The van der Waals surface area contributed by atoms with Gasteiger partial charge in [0.1, 0.15) is 0 Å². The molecular formula is C13H23N3. The molecule has 0 radical (unpaired) electrons. The Kier molecular flexibility index (Phi) is 4.33. The molecule has 0 aliphatic heterocycles. The maximum atomic E-state index is 5.75. The third-order valence-electron chi connectivity index (χ3n) is 2.65. The van der Waals surface area contributed by atoms with Crippen molar-refractivity contribution >= 4 is 5.69 Å². The first-order valence-corrected chi connectivity index (χ1v) is 5.66. The summed E-state index contributed by atoms with van der Waals surface area (Å²) in [6.45, 7) is 6.97. The minimum atomic E-state index is 0.162. The number of benzene rings is 1. The zero-order valence-corrected chi connectivity index (χ0v) is 10.5. The van der Waals surface area contributed by atoms with Gasteiger partial charge >= 0.3 is 0 Å². The Hall–Kier alpha value is -1.06. The van der Waals surface area contributed by atoms with Gasteiger partial charge in [0, 0.05) is 18.8 Å². The molecule has 0 aromatic heterocycles. The molecule has 0 atom stereocenters. The molecule has 1 aromatic carbocycles. The van der Waals surface area contributed by atoms with Gasteiger partial charge in [-0.15, -0.1) is 0 Å². The monoisotopic (exact) mass is 221 g/mol. The first-order valence-electron chi connectivity index (χ1n) is 5.66. The predicted octanol–water partition coefficient (Wildman–Crippen LogP) is 1.69. The molecule has 0 spiro atoms. The summed E-state index contributed by atoms with van der Waals surface area (Å²) in [6.07, 6.45) is 0. The minimum Gasteiger partial charge on any atom is -0.399 e. The summed E-state index contributed by atoms with van der Waals surface area (Å²) in [5.41, 5.74) is 13.7. The van der Waals surface area contributed by atoms with Gasteiger partial charge in [-0.25, -0.2) is 0 Å². The highest BCUT2D eigenvalue weighted by atomic mass is 15.1. The SMILES string of the molecule is CN(Cc1cccc(N)c1)CC(C)(C)CN. The smallest absolute Gasteiger partial charge is 0.0317 e. The molecule has 1 aromatic rings. The lowest BCUT2D eigenvalue weighted by Gasteiger charge is -2.29. The predicted molar refractivity (Wildman–Crippen MR) is 70.0 cm³/mol. The van der Waals surface area contributed by atoms with Crippen LogP contribution in [0.4, 0.5) is 5.69 Å². The van der Waals surface area contributed by atoms with E-state index in [1.807, 2.05) is 18.2 Å². The molecular weight excluding hydrogens is 198 g/mol. The Morgan fingerprint density at radius 2 is 2.00 bits per heavy atom. The van der Waals surface area contributed by atoms with Crippen LogP contribution < -0.4 is 11.5 Å². The molecule has 0 aliphatic rings. The maximum absolute atomic E-state index is 5.75. The third kappa shape index (κ3) is 4.21. The van der Waals surface area contributed by atoms with E-state index in [1.54, 1.807) is 0 Å². The van der Waals surface area contributed by atoms with Gasteiger partial charge in [0.05, 0.1) is 0 Å². The van der Waals surface area contributed by atoms with Crippen molar-refractivity contribution in [3.63, 3.8) is 0 Å². The number of nitrogen functional groups attached to an aromatic ring is 1. The van der Waals surface area contributed by atoms with Crippen molar-refractivity contribution < 1.29 is 0 Å². The molecule has 0 unspecified atom stereocenters. The van der Waals surface area contributed by atoms with Crippen LogP contribution >= 0.6 is 0 Å². The molecule has 0 amide bonds. The summed E-state index contributed by atoms with van der Waals surface area (Å²) in [6, 6.07) is 8.02. The lowest BCUT2D eigenvalue weighted by molar-refractivity contribution is 0.210. The van der Waals surface area contributed by atoms with E-state index >= 15 is 0 Å². The average Bonchev–Trinajstić information content (AvgIpc) is 2.16. The van der Waals surface area contributed by atoms with Gasteiger partial charge in [-0.1, -0.05) is 26.0 Å². The highest BCUT2D eigenvalue weighted by molar-refractivity contribution is 5.40. The lowest BCUT2D eigenvalue weighted by atomic mass is 9.93. The van der Waals surface area contributed by atoms with Crippen molar-refractivity contribution in [1.29, 1.82) is 0 Å². The summed E-state index contributed by atoms with van der Waals surface area (Å²) >= 11 is 0. The molecule has 0 heterocycles. The van der Waals surface area contributed by atoms with E-state index in [1.165, 1.54) is 5.56 Å². The second-order valence-electron chi connectivity index (χ2n) is 5.29. The minimum absolute atomic E-state index is 0.162. The fraction of sp³-hybridized carbons (Fsp3) is 0.538. The van der Waals surface area contributed by atoms with Crippen LogP contribution in [0.2, 0.25) is 0 Å². The third-order valence-corrected chi connectivity index (χ3v) is 2.65. The number of hydrogen-bond acceptors (Lipinski definition) is 3. The van der Waals surface area contributed by atoms with E-state index in [0.717, 1.165) is 18.8 Å². The highest BCUT2D eigenvalue weighted by Gasteiger charge is 2.17. The van der Waals surface area contributed by atoms with Crippen molar-refractivity contribution in [2.24, 2.45) is 11.1 Å². The highest BCUT2D eigenvalue weighted by Crippen LogP contribution is 2.16. The first kappa shape index (κ1) is 13.0. The van der Waals surface area contributed by atoms with Crippen LogP contribution in [0.3, 0.4) is 0 Å². The van der Waals surface area contributed by atoms with Crippen LogP contribution in [0.25, 0.3) is 0 Å². The Labute approximate surface area is 98.4 Å². The molecule has 0 saturated carbocycles. The second kappa shape index (κ2) is 5.32. The molecule has 3 heteroatoms. The van der Waals surface area contributed by atoms with Gasteiger partial charge in [-0.05, 0) is 36.7 Å². The number of nitrogens with zero attached hydrogens (tertiary/aromatic N) is 1. The molecule has 1 rings (SSSR count). The fourth-order valence-electron chi connectivity index (χ4n) is 1.85. The Bertz CT molecular complexity index is 334. The van der Waals surface area contributed by atoms with Crippen LogP contribution in [0.5, 0.6) is 0 Å². The van der Waals surface area contributed by atoms with E-state index in [2.05, 4.69) is 31.9 Å². The number of rotatable bonds is 5. The molecule has 16 heavy (non-hydrogen) atoms. The fourth-order valence-corrected chi connectivity index (χ4v) is 1.85. The van der Waals surface area contributed by atoms with Crippen molar-refractivity contribution in [2.75, 3.05) is 25.9 Å². The van der Waals surface area contributed by atoms with Gasteiger partial charge in [-0.2, -0.15) is 0 Å². The van der Waals surface area contributed by atoms with Crippen molar-refractivity contribution in [1.82, 2.24) is 4.90 Å². The number of nitrogens with two attached hydrogens (primary N) is 2. The first-order chi connectivity index (χ1) is 7.43. The van der Waals surface area contributed by atoms with Crippen molar-refractivity contribution in [3.05, 3.63) is 29.8 Å². The summed E-state index contributed by atoms with van der Waals surface area (Å²) in [4.78, 5) is 2.28.